The van der Waals surface area contributed by atoms with Crippen LogP contribution in [0.25, 0.3) is 0 Å². The molecule has 0 aromatic carbocycles. The number of carbonyl (C=O) groups is 1. The molecule has 17 heavy (non-hydrogen) atoms. The highest BCUT2D eigenvalue weighted by molar-refractivity contribution is 5.96. The van der Waals surface area contributed by atoms with Crippen LogP contribution in [0, 0.1) is 0 Å². The first-order valence-corrected chi connectivity index (χ1v) is 6.47. The number of nitrogens with two attached hydrogens (primary N) is 1. The van der Waals surface area contributed by atoms with Gasteiger partial charge in [-0.05, 0) is 39.5 Å². The highest BCUT2D eigenvalue weighted by atomic mass is 16.3. The SMILES string of the molecule is CCCCN(C)CCCNC1C(=O)C(O)C1N. The monoisotopic (exact) mass is 243 g/mol. The van der Waals surface area contributed by atoms with E-state index in [1.807, 2.05) is 0 Å². The highest BCUT2D eigenvalue weighted by Crippen LogP contribution is 2.14. The minimum absolute atomic E-state index is 0.170. The van der Waals surface area contributed by atoms with Crippen LogP contribution in [-0.2, 0) is 4.79 Å². The summed E-state index contributed by atoms with van der Waals surface area (Å²) in [5.74, 6) is -0.170. The molecule has 0 heterocycles. The number of hydrogen-bond donors (Lipinski definition) is 3. The number of aliphatic hydroxyl groups is 1. The van der Waals surface area contributed by atoms with E-state index in [-0.39, 0.29) is 11.8 Å². The Morgan fingerprint density at radius 2 is 2.06 bits per heavy atom. The summed E-state index contributed by atoms with van der Waals surface area (Å²) in [5.41, 5.74) is 5.62. The van der Waals surface area contributed by atoms with Crippen LogP contribution in [0.3, 0.4) is 0 Å². The van der Waals surface area contributed by atoms with Crippen LogP contribution in [0.4, 0.5) is 0 Å². The Morgan fingerprint density at radius 3 is 2.65 bits per heavy atom. The lowest BCUT2D eigenvalue weighted by Gasteiger charge is -2.37. The Balaban J connectivity index is 2.03. The van der Waals surface area contributed by atoms with Crippen molar-refractivity contribution in [2.24, 2.45) is 5.73 Å². The molecule has 1 aliphatic rings. The molecule has 0 radical (unpaired) electrons. The predicted octanol–water partition coefficient (Wildman–Crippen LogP) is -0.662. The fourth-order valence-electron chi connectivity index (χ4n) is 2.01. The molecule has 1 aliphatic carbocycles. The minimum Gasteiger partial charge on any atom is -0.384 e. The maximum atomic E-state index is 11.2. The second-order valence-corrected chi connectivity index (χ2v) is 4.87. The standard InChI is InChI=1S/C12H25N3O2/c1-3-4-7-15(2)8-5-6-14-10-9(13)11(16)12(10)17/h9-11,14,16H,3-8,13H2,1-2H3. The molecule has 0 aromatic rings. The number of rotatable bonds is 8. The summed E-state index contributed by atoms with van der Waals surface area (Å²) < 4.78 is 0. The van der Waals surface area contributed by atoms with Crippen LogP contribution in [0.15, 0.2) is 0 Å². The van der Waals surface area contributed by atoms with E-state index in [1.54, 1.807) is 0 Å². The van der Waals surface area contributed by atoms with Gasteiger partial charge < -0.3 is 21.1 Å². The lowest BCUT2D eigenvalue weighted by atomic mass is 9.82. The second-order valence-electron chi connectivity index (χ2n) is 4.87. The Bertz CT molecular complexity index is 248. The first kappa shape index (κ1) is 14.6. The van der Waals surface area contributed by atoms with Gasteiger partial charge in [0.2, 0.25) is 0 Å². The normalized spacial score (nSPS) is 28.5. The highest BCUT2D eigenvalue weighted by Gasteiger charge is 2.46. The Kier molecular flexibility index (Phi) is 6.05. The number of nitrogens with one attached hydrogen (secondary N) is 1. The van der Waals surface area contributed by atoms with E-state index >= 15 is 0 Å². The van der Waals surface area contributed by atoms with Gasteiger partial charge in [0.05, 0.1) is 12.1 Å². The lowest BCUT2D eigenvalue weighted by Crippen LogP contribution is -2.70. The zero-order chi connectivity index (χ0) is 12.8. The number of carbonyl (C=O) groups excluding carboxylic acids is 1. The molecular formula is C12H25N3O2. The van der Waals surface area contributed by atoms with Crippen molar-refractivity contribution in [3.8, 4) is 0 Å². The van der Waals surface area contributed by atoms with Gasteiger partial charge in [-0.3, -0.25) is 4.79 Å². The molecule has 1 saturated carbocycles. The summed E-state index contributed by atoms with van der Waals surface area (Å²) in [4.78, 5) is 13.5. The zero-order valence-corrected chi connectivity index (χ0v) is 10.9. The summed E-state index contributed by atoms with van der Waals surface area (Å²) in [5, 5.41) is 12.3. The fraction of sp³-hybridized carbons (Fsp3) is 0.917. The maximum absolute atomic E-state index is 11.2. The summed E-state index contributed by atoms with van der Waals surface area (Å²) in [7, 11) is 2.11. The number of ketones is 1. The van der Waals surface area contributed by atoms with Crippen LogP contribution in [0.1, 0.15) is 26.2 Å². The van der Waals surface area contributed by atoms with Crippen LogP contribution in [-0.4, -0.2) is 60.7 Å². The molecule has 100 valence electrons. The summed E-state index contributed by atoms with van der Waals surface area (Å²) in [6, 6.07) is -0.772. The lowest BCUT2D eigenvalue weighted by molar-refractivity contribution is -0.141. The van der Waals surface area contributed by atoms with E-state index in [0.29, 0.717) is 0 Å². The van der Waals surface area contributed by atoms with Gasteiger partial charge in [-0.15, -0.1) is 0 Å². The molecule has 0 saturated heterocycles. The molecule has 3 unspecified atom stereocenters. The summed E-state index contributed by atoms with van der Waals surface area (Å²) in [6.45, 7) is 5.10. The number of Topliss-reactive ketones (excluding diaryl/α,β-unsaturated/α-hetero) is 1. The Labute approximate surface area is 103 Å². The second kappa shape index (κ2) is 7.06. The van der Waals surface area contributed by atoms with Gasteiger partial charge >= 0.3 is 0 Å². The number of aliphatic hydroxyl groups excluding tert-OH is 1. The third-order valence-electron chi connectivity index (χ3n) is 3.32. The van der Waals surface area contributed by atoms with Crippen molar-refractivity contribution in [1.29, 1.82) is 0 Å². The van der Waals surface area contributed by atoms with E-state index in [0.717, 1.165) is 26.1 Å². The van der Waals surface area contributed by atoms with E-state index in [4.69, 9.17) is 5.73 Å². The summed E-state index contributed by atoms with van der Waals surface area (Å²) >= 11 is 0. The molecule has 0 amide bonds. The number of unbranched alkanes of at least 4 members (excludes halogenated alkanes) is 1. The van der Waals surface area contributed by atoms with Crippen molar-refractivity contribution >= 4 is 5.78 Å². The largest absolute Gasteiger partial charge is 0.384 e. The van der Waals surface area contributed by atoms with E-state index < -0.39 is 12.1 Å². The number of hydrogen-bond acceptors (Lipinski definition) is 5. The molecule has 1 rings (SSSR count). The van der Waals surface area contributed by atoms with Gasteiger partial charge in [0, 0.05) is 0 Å². The molecule has 0 bridgehead atoms. The van der Waals surface area contributed by atoms with Gasteiger partial charge in [-0.1, -0.05) is 13.3 Å². The topological polar surface area (TPSA) is 78.6 Å². The Hall–Kier alpha value is -0.490. The van der Waals surface area contributed by atoms with E-state index in [2.05, 4.69) is 24.2 Å². The summed E-state index contributed by atoms with van der Waals surface area (Å²) in [6.07, 6.45) is 2.47. The van der Waals surface area contributed by atoms with Crippen molar-refractivity contribution in [3.05, 3.63) is 0 Å². The van der Waals surface area contributed by atoms with Crippen LogP contribution in [0.2, 0.25) is 0 Å². The maximum Gasteiger partial charge on any atom is 0.181 e. The van der Waals surface area contributed by atoms with Crippen LogP contribution >= 0.6 is 0 Å². The molecule has 5 nitrogen and oxygen atoms in total. The molecule has 3 atom stereocenters. The molecule has 0 aliphatic heterocycles. The van der Waals surface area contributed by atoms with Crippen LogP contribution < -0.4 is 11.1 Å². The first-order valence-electron chi connectivity index (χ1n) is 6.47. The van der Waals surface area contributed by atoms with Crippen LogP contribution in [0.5, 0.6) is 0 Å². The third-order valence-corrected chi connectivity index (χ3v) is 3.32. The van der Waals surface area contributed by atoms with Gasteiger partial charge in [0.1, 0.15) is 6.10 Å². The molecular weight excluding hydrogens is 218 g/mol. The van der Waals surface area contributed by atoms with Crippen molar-refractivity contribution in [2.45, 2.75) is 44.4 Å². The average Bonchev–Trinajstić information content (AvgIpc) is 2.34. The van der Waals surface area contributed by atoms with Crippen molar-refractivity contribution < 1.29 is 9.90 Å². The van der Waals surface area contributed by atoms with Gasteiger partial charge in [-0.25, -0.2) is 0 Å². The zero-order valence-electron chi connectivity index (χ0n) is 10.9. The van der Waals surface area contributed by atoms with Gasteiger partial charge in [-0.2, -0.15) is 0 Å². The molecule has 0 spiro atoms. The van der Waals surface area contributed by atoms with E-state index in [9.17, 15) is 9.90 Å². The molecule has 4 N–H and O–H groups in total. The predicted molar refractivity (Wildman–Crippen MR) is 67.8 cm³/mol. The van der Waals surface area contributed by atoms with Crippen molar-refractivity contribution in [2.75, 3.05) is 26.7 Å². The van der Waals surface area contributed by atoms with Crippen molar-refractivity contribution in [1.82, 2.24) is 10.2 Å². The molecule has 0 aromatic heterocycles. The van der Waals surface area contributed by atoms with Crippen molar-refractivity contribution in [3.63, 3.8) is 0 Å². The van der Waals surface area contributed by atoms with E-state index in [1.165, 1.54) is 12.8 Å². The molecule has 1 fully saturated rings. The molecule has 5 heteroatoms. The minimum atomic E-state index is -0.959. The number of nitrogens with zero attached hydrogens (tertiary/aromatic N) is 1. The fourth-order valence-corrected chi connectivity index (χ4v) is 2.01. The average molecular weight is 243 g/mol. The first-order chi connectivity index (χ1) is 8.07. The van der Waals surface area contributed by atoms with Gasteiger partial charge in [0.25, 0.3) is 0 Å². The Morgan fingerprint density at radius 1 is 1.41 bits per heavy atom. The quantitative estimate of drug-likeness (QED) is 0.493. The smallest absolute Gasteiger partial charge is 0.181 e. The van der Waals surface area contributed by atoms with Gasteiger partial charge in [0.15, 0.2) is 5.78 Å². The third kappa shape index (κ3) is 4.03.